The SMILES string of the molecule is CNC(=S)C1=CC(C)(C)OC2C=CC([N+](=O)[O-])=CC12. The number of thiocarbonyl (C=S) groups is 1. The Morgan fingerprint density at radius 2 is 2.26 bits per heavy atom. The van der Waals surface area contributed by atoms with Gasteiger partial charge in [-0.15, -0.1) is 0 Å². The third kappa shape index (κ3) is 2.74. The van der Waals surface area contributed by atoms with E-state index in [1.807, 2.05) is 19.9 Å². The van der Waals surface area contributed by atoms with Gasteiger partial charge in [-0.25, -0.2) is 0 Å². The van der Waals surface area contributed by atoms with E-state index in [2.05, 4.69) is 5.32 Å². The molecular weight excluding hydrogens is 264 g/mol. The number of ether oxygens (including phenoxy) is 1. The lowest BCUT2D eigenvalue weighted by Gasteiger charge is -2.38. The molecule has 19 heavy (non-hydrogen) atoms. The van der Waals surface area contributed by atoms with Crippen LogP contribution in [0.5, 0.6) is 0 Å². The van der Waals surface area contributed by atoms with Crippen molar-refractivity contribution in [2.24, 2.45) is 5.92 Å². The Labute approximate surface area is 117 Å². The van der Waals surface area contributed by atoms with Crippen LogP contribution in [0.3, 0.4) is 0 Å². The molecular formula is C13H16N2O3S. The number of nitrogens with one attached hydrogen (secondary N) is 1. The first-order valence-corrected chi connectivity index (χ1v) is 6.42. The standard InChI is InChI=1S/C13H16N2O3S/c1-13(2)7-10(12(19)14-3)9-6-8(15(16)17)4-5-11(9)18-13/h4-7,9,11H,1-3H3,(H,14,19). The van der Waals surface area contributed by atoms with E-state index in [0.717, 1.165) is 5.57 Å². The van der Waals surface area contributed by atoms with Gasteiger partial charge in [-0.05, 0) is 31.6 Å². The van der Waals surface area contributed by atoms with E-state index in [4.69, 9.17) is 17.0 Å². The molecule has 0 spiro atoms. The van der Waals surface area contributed by atoms with Crippen molar-refractivity contribution >= 4 is 17.2 Å². The fourth-order valence-corrected chi connectivity index (χ4v) is 2.56. The average Bonchev–Trinajstić information content (AvgIpc) is 2.35. The number of allylic oxidation sites excluding steroid dienone is 1. The monoisotopic (exact) mass is 280 g/mol. The predicted molar refractivity (Wildman–Crippen MR) is 76.4 cm³/mol. The van der Waals surface area contributed by atoms with E-state index < -0.39 is 10.5 Å². The van der Waals surface area contributed by atoms with Crippen LogP contribution in [0.4, 0.5) is 0 Å². The second-order valence-electron chi connectivity index (χ2n) is 5.10. The highest BCUT2D eigenvalue weighted by Gasteiger charge is 2.38. The maximum Gasteiger partial charge on any atom is 0.265 e. The third-order valence-corrected chi connectivity index (χ3v) is 3.60. The van der Waals surface area contributed by atoms with Crippen LogP contribution in [-0.2, 0) is 4.74 Å². The van der Waals surface area contributed by atoms with Gasteiger partial charge in [0.25, 0.3) is 5.70 Å². The van der Waals surface area contributed by atoms with Gasteiger partial charge in [0.2, 0.25) is 0 Å². The van der Waals surface area contributed by atoms with Gasteiger partial charge in [-0.2, -0.15) is 0 Å². The van der Waals surface area contributed by atoms with Gasteiger partial charge in [0.1, 0.15) is 4.99 Å². The molecule has 102 valence electrons. The summed E-state index contributed by atoms with van der Waals surface area (Å²) in [5.41, 5.74) is 0.513. The topological polar surface area (TPSA) is 64.4 Å². The van der Waals surface area contributed by atoms with Gasteiger partial charge in [-0.3, -0.25) is 10.1 Å². The van der Waals surface area contributed by atoms with Crippen LogP contribution in [-0.4, -0.2) is 28.7 Å². The van der Waals surface area contributed by atoms with Crippen molar-refractivity contribution in [2.75, 3.05) is 7.05 Å². The van der Waals surface area contributed by atoms with E-state index in [1.54, 1.807) is 19.2 Å². The van der Waals surface area contributed by atoms with E-state index >= 15 is 0 Å². The zero-order valence-electron chi connectivity index (χ0n) is 11.0. The molecule has 2 unspecified atom stereocenters. The van der Waals surface area contributed by atoms with Crippen LogP contribution >= 0.6 is 12.2 Å². The number of likely N-dealkylation sites (N-methyl/N-ethyl adjacent to an activating group) is 1. The molecule has 0 fully saturated rings. The lowest BCUT2D eigenvalue weighted by Crippen LogP contribution is -2.42. The summed E-state index contributed by atoms with van der Waals surface area (Å²) in [6.07, 6.45) is 6.54. The predicted octanol–water partition coefficient (Wildman–Crippen LogP) is 1.98. The Hall–Kier alpha value is -1.53. The van der Waals surface area contributed by atoms with Crippen molar-refractivity contribution in [1.82, 2.24) is 5.32 Å². The van der Waals surface area contributed by atoms with Crippen LogP contribution in [0.25, 0.3) is 0 Å². The van der Waals surface area contributed by atoms with Crippen molar-refractivity contribution < 1.29 is 9.66 Å². The van der Waals surface area contributed by atoms with Crippen molar-refractivity contribution in [3.8, 4) is 0 Å². The van der Waals surface area contributed by atoms with Gasteiger partial charge in [0, 0.05) is 25.1 Å². The molecule has 2 atom stereocenters. The van der Waals surface area contributed by atoms with Crippen LogP contribution in [0.1, 0.15) is 13.8 Å². The summed E-state index contributed by atoms with van der Waals surface area (Å²) in [4.78, 5) is 11.1. The average molecular weight is 280 g/mol. The van der Waals surface area contributed by atoms with Crippen LogP contribution < -0.4 is 5.32 Å². The Balaban J connectivity index is 2.44. The van der Waals surface area contributed by atoms with Gasteiger partial charge in [-0.1, -0.05) is 12.2 Å². The second-order valence-corrected chi connectivity index (χ2v) is 5.51. The highest BCUT2D eigenvalue weighted by atomic mass is 32.1. The highest BCUT2D eigenvalue weighted by Crippen LogP contribution is 2.36. The maximum atomic E-state index is 10.9. The number of nitro groups is 1. The third-order valence-electron chi connectivity index (χ3n) is 3.16. The van der Waals surface area contributed by atoms with E-state index in [1.165, 1.54) is 6.08 Å². The molecule has 0 aromatic carbocycles. The van der Waals surface area contributed by atoms with Gasteiger partial charge >= 0.3 is 0 Å². The Morgan fingerprint density at radius 1 is 1.58 bits per heavy atom. The molecule has 2 aliphatic rings. The molecule has 5 nitrogen and oxygen atoms in total. The summed E-state index contributed by atoms with van der Waals surface area (Å²) < 4.78 is 5.91. The molecule has 1 aliphatic carbocycles. The number of hydrogen-bond donors (Lipinski definition) is 1. The quantitative estimate of drug-likeness (QED) is 0.476. The molecule has 0 radical (unpaired) electrons. The number of hydrogen-bond acceptors (Lipinski definition) is 4. The lowest BCUT2D eigenvalue weighted by molar-refractivity contribution is -0.420. The number of nitrogens with zero attached hydrogens (tertiary/aromatic N) is 1. The van der Waals surface area contributed by atoms with Gasteiger partial charge < -0.3 is 10.1 Å². The smallest absolute Gasteiger partial charge is 0.265 e. The van der Waals surface area contributed by atoms with Crippen molar-refractivity contribution in [3.63, 3.8) is 0 Å². The molecule has 1 N–H and O–H groups in total. The number of fused-ring (bicyclic) bond motifs is 1. The fourth-order valence-electron chi connectivity index (χ4n) is 2.37. The minimum atomic E-state index is -0.443. The number of rotatable bonds is 2. The van der Waals surface area contributed by atoms with Crippen LogP contribution in [0.2, 0.25) is 0 Å². The normalized spacial score (nSPS) is 27.9. The van der Waals surface area contributed by atoms with Crippen molar-refractivity contribution in [1.29, 1.82) is 0 Å². The molecule has 6 heteroatoms. The summed E-state index contributed by atoms with van der Waals surface area (Å²) in [5.74, 6) is -0.210. The van der Waals surface area contributed by atoms with E-state index in [0.29, 0.717) is 4.99 Å². The summed E-state index contributed by atoms with van der Waals surface area (Å²) in [6.45, 7) is 3.89. The van der Waals surface area contributed by atoms with Crippen molar-refractivity contribution in [3.05, 3.63) is 45.7 Å². The first-order valence-electron chi connectivity index (χ1n) is 6.01. The summed E-state index contributed by atoms with van der Waals surface area (Å²) in [7, 11) is 1.75. The molecule has 0 amide bonds. The molecule has 2 rings (SSSR count). The molecule has 1 aliphatic heterocycles. The molecule has 0 aromatic heterocycles. The summed E-state index contributed by atoms with van der Waals surface area (Å²) in [5, 5.41) is 13.8. The van der Waals surface area contributed by atoms with Gasteiger partial charge in [0.15, 0.2) is 0 Å². The fraction of sp³-hybridized carbons (Fsp3) is 0.462. The zero-order valence-corrected chi connectivity index (χ0v) is 11.9. The summed E-state index contributed by atoms with van der Waals surface area (Å²) >= 11 is 5.29. The van der Waals surface area contributed by atoms with Gasteiger partial charge in [0.05, 0.1) is 16.6 Å². The second kappa shape index (κ2) is 4.86. The molecule has 0 saturated carbocycles. The maximum absolute atomic E-state index is 10.9. The van der Waals surface area contributed by atoms with E-state index in [9.17, 15) is 10.1 Å². The molecule has 0 saturated heterocycles. The summed E-state index contributed by atoms with van der Waals surface area (Å²) in [6, 6.07) is 0. The minimum Gasteiger partial charge on any atom is -0.379 e. The first kappa shape index (κ1) is 13.9. The Kier molecular flexibility index (Phi) is 3.56. The van der Waals surface area contributed by atoms with Crippen molar-refractivity contribution in [2.45, 2.75) is 25.6 Å². The molecule has 0 bridgehead atoms. The lowest BCUT2D eigenvalue weighted by atomic mass is 9.83. The first-order chi connectivity index (χ1) is 8.84. The van der Waals surface area contributed by atoms with E-state index in [-0.39, 0.29) is 17.7 Å². The van der Waals surface area contributed by atoms with Crippen LogP contribution in [0, 0.1) is 16.0 Å². The zero-order chi connectivity index (χ0) is 14.2. The van der Waals surface area contributed by atoms with Crippen LogP contribution in [0.15, 0.2) is 35.6 Å². The minimum absolute atomic E-state index is 0.0781. The Morgan fingerprint density at radius 3 is 2.84 bits per heavy atom. The molecule has 1 heterocycles. The molecule has 0 aromatic rings. The largest absolute Gasteiger partial charge is 0.379 e. The Bertz CT molecular complexity index is 520. The highest BCUT2D eigenvalue weighted by molar-refractivity contribution is 7.80.